The molecule has 0 fully saturated rings. The minimum atomic E-state index is -0.0636. The largest absolute Gasteiger partial charge is 0.310 e. The van der Waals surface area contributed by atoms with Gasteiger partial charge in [0.2, 0.25) is 0 Å². The van der Waals surface area contributed by atoms with Crippen LogP contribution in [0.4, 0.5) is 17.1 Å². The first-order chi connectivity index (χ1) is 22.9. The number of rotatable bonds is 6. The van der Waals surface area contributed by atoms with Crippen LogP contribution in [0.5, 0.6) is 0 Å². The van der Waals surface area contributed by atoms with Crippen molar-refractivity contribution >= 4 is 22.6 Å². The third-order valence-corrected chi connectivity index (χ3v) is 10.5. The zero-order valence-electron chi connectivity index (χ0n) is 27.8. The average Bonchev–Trinajstić information content (AvgIpc) is 3.57. The second-order valence-electron chi connectivity index (χ2n) is 14.0. The SMILES string of the molecule is CC1=C(c2ccc(-c3ccc(N(c4ccc(-c5ccccc5)cc4)c4ccc5c(c4)C(C)(C)c4ccccc4-5)cc3)cc2)CC(C)C1. The standard InChI is InChI=1S/C46H41N/c1-31-28-32(2)43(29-31)37-16-14-34(15-17-37)36-20-24-39(25-21-36)47(38-22-18-35(19-23-38)33-10-6-5-7-11-33)40-26-27-42-41-12-8-9-13-44(41)46(3,4)45(42)30-40/h5-27,30-31H,28-29H2,1-4H3. The zero-order valence-corrected chi connectivity index (χ0v) is 27.8. The summed E-state index contributed by atoms with van der Waals surface area (Å²) in [6.07, 6.45) is 2.41. The predicted molar refractivity (Wildman–Crippen MR) is 201 cm³/mol. The quantitative estimate of drug-likeness (QED) is 0.182. The van der Waals surface area contributed by atoms with Gasteiger partial charge in [-0.2, -0.15) is 0 Å². The maximum absolute atomic E-state index is 2.41. The topological polar surface area (TPSA) is 3.24 Å². The maximum Gasteiger partial charge on any atom is 0.0465 e. The Labute approximate surface area is 279 Å². The molecular formula is C46H41N. The molecule has 1 unspecified atom stereocenters. The highest BCUT2D eigenvalue weighted by molar-refractivity contribution is 5.86. The van der Waals surface area contributed by atoms with Gasteiger partial charge in [0.15, 0.2) is 0 Å². The van der Waals surface area contributed by atoms with Gasteiger partial charge in [-0.25, -0.2) is 0 Å². The molecule has 2 aliphatic rings. The summed E-state index contributed by atoms with van der Waals surface area (Å²) in [6, 6.07) is 53.8. The Morgan fingerprint density at radius 3 is 1.57 bits per heavy atom. The van der Waals surface area contributed by atoms with Crippen LogP contribution < -0.4 is 4.90 Å². The van der Waals surface area contributed by atoms with E-state index in [0.717, 1.165) is 17.3 Å². The van der Waals surface area contributed by atoms with E-state index < -0.39 is 0 Å². The van der Waals surface area contributed by atoms with Crippen LogP contribution in [0.3, 0.4) is 0 Å². The zero-order chi connectivity index (χ0) is 32.1. The molecule has 0 saturated heterocycles. The highest BCUT2D eigenvalue weighted by Gasteiger charge is 2.35. The molecule has 0 radical (unpaired) electrons. The van der Waals surface area contributed by atoms with Crippen LogP contribution in [0.1, 0.15) is 57.2 Å². The van der Waals surface area contributed by atoms with Gasteiger partial charge in [-0.15, -0.1) is 0 Å². The van der Waals surface area contributed by atoms with Crippen LogP contribution in [0.25, 0.3) is 39.0 Å². The third kappa shape index (κ3) is 5.21. The van der Waals surface area contributed by atoms with Crippen molar-refractivity contribution in [2.24, 2.45) is 5.92 Å². The molecule has 1 atom stereocenters. The van der Waals surface area contributed by atoms with Gasteiger partial charge >= 0.3 is 0 Å². The fraction of sp³-hybridized carbons (Fsp3) is 0.174. The van der Waals surface area contributed by atoms with Gasteiger partial charge in [-0.05, 0) is 118 Å². The summed E-state index contributed by atoms with van der Waals surface area (Å²) in [5.41, 5.74) is 18.2. The van der Waals surface area contributed by atoms with Crippen molar-refractivity contribution in [3.63, 3.8) is 0 Å². The van der Waals surface area contributed by atoms with Crippen molar-refractivity contribution in [3.05, 3.63) is 168 Å². The van der Waals surface area contributed by atoms with E-state index in [0.29, 0.717) is 0 Å². The second-order valence-corrected chi connectivity index (χ2v) is 14.0. The highest BCUT2D eigenvalue weighted by Crippen LogP contribution is 2.50. The lowest BCUT2D eigenvalue weighted by molar-refractivity contribution is 0.631. The monoisotopic (exact) mass is 607 g/mol. The smallest absolute Gasteiger partial charge is 0.0465 e. The van der Waals surface area contributed by atoms with Crippen molar-refractivity contribution in [1.29, 1.82) is 0 Å². The molecule has 0 amide bonds. The van der Waals surface area contributed by atoms with Crippen molar-refractivity contribution in [1.82, 2.24) is 0 Å². The fourth-order valence-electron chi connectivity index (χ4n) is 7.98. The van der Waals surface area contributed by atoms with Gasteiger partial charge in [0.05, 0.1) is 0 Å². The minimum Gasteiger partial charge on any atom is -0.310 e. The summed E-state index contributed by atoms with van der Waals surface area (Å²) in [7, 11) is 0. The number of fused-ring (bicyclic) bond motifs is 3. The second kappa shape index (κ2) is 11.6. The Morgan fingerprint density at radius 1 is 0.489 bits per heavy atom. The number of hydrogen-bond donors (Lipinski definition) is 0. The molecule has 8 rings (SSSR count). The highest BCUT2D eigenvalue weighted by atomic mass is 15.1. The number of allylic oxidation sites excluding steroid dienone is 2. The van der Waals surface area contributed by atoms with E-state index in [4.69, 9.17) is 0 Å². The normalized spacial score (nSPS) is 16.2. The first-order valence-corrected chi connectivity index (χ1v) is 17.0. The Hall–Kier alpha value is -5.14. The summed E-state index contributed by atoms with van der Waals surface area (Å²) in [4.78, 5) is 2.40. The molecule has 1 nitrogen and oxygen atoms in total. The molecule has 1 heteroatoms. The van der Waals surface area contributed by atoms with Gasteiger partial charge < -0.3 is 4.90 Å². The van der Waals surface area contributed by atoms with E-state index in [1.54, 1.807) is 5.57 Å². The van der Waals surface area contributed by atoms with Gasteiger partial charge in [0.25, 0.3) is 0 Å². The molecular weight excluding hydrogens is 567 g/mol. The molecule has 47 heavy (non-hydrogen) atoms. The fourth-order valence-corrected chi connectivity index (χ4v) is 7.98. The summed E-state index contributed by atoms with van der Waals surface area (Å²) < 4.78 is 0. The van der Waals surface area contributed by atoms with E-state index in [2.05, 4.69) is 178 Å². The Kier molecular flexibility index (Phi) is 7.22. The van der Waals surface area contributed by atoms with E-state index in [-0.39, 0.29) is 5.41 Å². The van der Waals surface area contributed by atoms with E-state index in [9.17, 15) is 0 Å². The van der Waals surface area contributed by atoms with E-state index in [1.165, 1.54) is 74.2 Å². The predicted octanol–water partition coefficient (Wildman–Crippen LogP) is 13.0. The van der Waals surface area contributed by atoms with Crippen LogP contribution in [0.2, 0.25) is 0 Å². The minimum absolute atomic E-state index is 0.0636. The van der Waals surface area contributed by atoms with E-state index in [1.807, 2.05) is 0 Å². The van der Waals surface area contributed by atoms with Crippen LogP contribution in [-0.4, -0.2) is 0 Å². The molecule has 0 heterocycles. The summed E-state index contributed by atoms with van der Waals surface area (Å²) in [6.45, 7) is 9.36. The third-order valence-electron chi connectivity index (χ3n) is 10.5. The lowest BCUT2D eigenvalue weighted by Crippen LogP contribution is -2.16. The van der Waals surface area contributed by atoms with Crippen molar-refractivity contribution in [2.75, 3.05) is 4.90 Å². The lowest BCUT2D eigenvalue weighted by Gasteiger charge is -2.28. The summed E-state index contributed by atoms with van der Waals surface area (Å²) in [5.74, 6) is 0.752. The molecule has 230 valence electrons. The van der Waals surface area contributed by atoms with Crippen LogP contribution in [0.15, 0.2) is 151 Å². The van der Waals surface area contributed by atoms with E-state index >= 15 is 0 Å². The Balaban J connectivity index is 1.17. The Bertz CT molecular complexity index is 2100. The lowest BCUT2D eigenvalue weighted by atomic mass is 9.82. The molecule has 0 aromatic heterocycles. The van der Waals surface area contributed by atoms with Crippen LogP contribution in [0, 0.1) is 5.92 Å². The maximum atomic E-state index is 2.41. The van der Waals surface area contributed by atoms with Crippen LogP contribution >= 0.6 is 0 Å². The first-order valence-electron chi connectivity index (χ1n) is 17.0. The Morgan fingerprint density at radius 2 is 0.979 bits per heavy atom. The van der Waals surface area contributed by atoms with Gasteiger partial charge in [-0.3, -0.25) is 0 Å². The number of nitrogens with zero attached hydrogens (tertiary/aromatic N) is 1. The van der Waals surface area contributed by atoms with Crippen molar-refractivity contribution < 1.29 is 0 Å². The van der Waals surface area contributed by atoms with Crippen molar-refractivity contribution in [2.45, 2.75) is 46.0 Å². The average molecular weight is 608 g/mol. The van der Waals surface area contributed by atoms with Gasteiger partial charge in [-0.1, -0.05) is 136 Å². The van der Waals surface area contributed by atoms with Crippen LogP contribution in [-0.2, 0) is 5.41 Å². The molecule has 0 N–H and O–H groups in total. The van der Waals surface area contributed by atoms with Crippen molar-refractivity contribution in [3.8, 4) is 33.4 Å². The number of hydrogen-bond acceptors (Lipinski definition) is 1. The molecule has 6 aromatic rings. The van der Waals surface area contributed by atoms with Gasteiger partial charge in [0.1, 0.15) is 0 Å². The number of anilines is 3. The molecule has 0 aliphatic heterocycles. The number of benzene rings is 6. The summed E-state index contributed by atoms with van der Waals surface area (Å²) in [5, 5.41) is 0. The molecule has 0 bridgehead atoms. The van der Waals surface area contributed by atoms with Gasteiger partial charge in [0, 0.05) is 22.5 Å². The molecule has 2 aliphatic carbocycles. The summed E-state index contributed by atoms with van der Waals surface area (Å²) >= 11 is 0. The molecule has 0 spiro atoms. The molecule has 6 aromatic carbocycles. The molecule has 0 saturated carbocycles. The first kappa shape index (κ1) is 29.3.